The molecule has 0 unspecified atom stereocenters. The van der Waals surface area contributed by atoms with Gasteiger partial charge in [0.15, 0.2) is 0 Å². The highest BCUT2D eigenvalue weighted by Crippen LogP contribution is 2.34. The van der Waals surface area contributed by atoms with Gasteiger partial charge in [0.2, 0.25) is 15.9 Å². The number of hydrogen-bond acceptors (Lipinski definition) is 5. The van der Waals surface area contributed by atoms with Crippen molar-refractivity contribution in [3.8, 4) is 17.6 Å². The summed E-state index contributed by atoms with van der Waals surface area (Å²) in [6.07, 6.45) is 4.78. The Hall–Kier alpha value is -2.08. The van der Waals surface area contributed by atoms with Crippen LogP contribution in [0.25, 0.3) is 0 Å². The van der Waals surface area contributed by atoms with Crippen LogP contribution in [0, 0.1) is 29.6 Å². The molecular weight excluding hydrogens is 464 g/mol. The third kappa shape index (κ3) is 6.58. The van der Waals surface area contributed by atoms with E-state index in [1.807, 2.05) is 27.8 Å². The standard InChI is InChI=1S/C27H40N2O5S/c1-19(2)11-12-22-13-14-26-24(15-22)34-25(17-28(5)27(31)23-9-7-6-8-10-23)20(3)16-29(21(4)18-30)35(26,32)33/h13-15,19-21,23,25,30H,6-10,16-18H2,1-5H3/t20-,21-,25+/m0/s1. The third-order valence-corrected chi connectivity index (χ3v) is 8.98. The Morgan fingerprint density at radius 2 is 1.91 bits per heavy atom. The lowest BCUT2D eigenvalue weighted by Crippen LogP contribution is -2.50. The average molecular weight is 505 g/mol. The minimum absolute atomic E-state index is 0.0501. The summed E-state index contributed by atoms with van der Waals surface area (Å²) in [5.41, 5.74) is 0.674. The molecule has 1 heterocycles. The highest BCUT2D eigenvalue weighted by Gasteiger charge is 2.38. The minimum atomic E-state index is -3.90. The first kappa shape index (κ1) is 27.5. The molecule has 2 aliphatic rings. The van der Waals surface area contributed by atoms with E-state index in [2.05, 4.69) is 11.8 Å². The molecule has 1 amide bonds. The van der Waals surface area contributed by atoms with Gasteiger partial charge in [0, 0.05) is 43.0 Å². The van der Waals surface area contributed by atoms with E-state index in [0.717, 1.165) is 25.7 Å². The first-order valence-corrected chi connectivity index (χ1v) is 14.2. The highest BCUT2D eigenvalue weighted by molar-refractivity contribution is 7.89. The molecule has 7 nitrogen and oxygen atoms in total. The quantitative estimate of drug-likeness (QED) is 0.620. The summed E-state index contributed by atoms with van der Waals surface area (Å²) in [5.74, 6) is 6.58. The number of nitrogens with zero attached hydrogens (tertiary/aromatic N) is 2. The predicted molar refractivity (Wildman–Crippen MR) is 136 cm³/mol. The van der Waals surface area contributed by atoms with Crippen molar-refractivity contribution >= 4 is 15.9 Å². The fourth-order valence-corrected chi connectivity index (χ4v) is 6.60. The van der Waals surface area contributed by atoms with Crippen LogP contribution in [-0.2, 0) is 14.8 Å². The van der Waals surface area contributed by atoms with E-state index in [4.69, 9.17) is 4.74 Å². The van der Waals surface area contributed by atoms with Gasteiger partial charge in [-0.3, -0.25) is 4.79 Å². The molecule has 1 saturated carbocycles. The van der Waals surface area contributed by atoms with Crippen molar-refractivity contribution in [2.24, 2.45) is 17.8 Å². The summed E-state index contributed by atoms with van der Waals surface area (Å²) in [4.78, 5) is 14.9. The molecule has 1 fully saturated rings. The molecular formula is C27H40N2O5S. The van der Waals surface area contributed by atoms with Gasteiger partial charge in [0.25, 0.3) is 0 Å². The van der Waals surface area contributed by atoms with Gasteiger partial charge in [-0.15, -0.1) is 0 Å². The van der Waals surface area contributed by atoms with Gasteiger partial charge in [-0.25, -0.2) is 8.42 Å². The zero-order valence-electron chi connectivity index (χ0n) is 21.7. The predicted octanol–water partition coefficient (Wildman–Crippen LogP) is 3.50. The SMILES string of the molecule is CC(C)C#Cc1ccc2c(c1)O[C@H](CN(C)C(=O)C1CCCCC1)[C@@H](C)CN([C@@H](C)CO)S2(=O)=O. The van der Waals surface area contributed by atoms with Crippen molar-refractivity contribution in [1.29, 1.82) is 0 Å². The Kier molecular flexibility index (Phi) is 9.25. The second kappa shape index (κ2) is 11.8. The van der Waals surface area contributed by atoms with E-state index in [1.54, 1.807) is 24.0 Å². The molecule has 1 aromatic rings. The van der Waals surface area contributed by atoms with Gasteiger partial charge in [-0.05, 0) is 38.0 Å². The summed E-state index contributed by atoms with van der Waals surface area (Å²) < 4.78 is 34.9. The largest absolute Gasteiger partial charge is 0.487 e. The summed E-state index contributed by atoms with van der Waals surface area (Å²) in [6.45, 7) is 7.88. The molecule has 0 radical (unpaired) electrons. The van der Waals surface area contributed by atoms with Crippen molar-refractivity contribution in [3.63, 3.8) is 0 Å². The fourth-order valence-electron chi connectivity index (χ4n) is 4.77. The maximum Gasteiger partial charge on any atom is 0.247 e. The number of amides is 1. The van der Waals surface area contributed by atoms with Crippen molar-refractivity contribution in [2.45, 2.75) is 76.8 Å². The molecule has 3 atom stereocenters. The lowest BCUT2D eigenvalue weighted by Gasteiger charge is -2.38. The van der Waals surface area contributed by atoms with E-state index in [1.165, 1.54) is 16.8 Å². The van der Waals surface area contributed by atoms with Crippen molar-refractivity contribution < 1.29 is 23.1 Å². The molecule has 0 spiro atoms. The van der Waals surface area contributed by atoms with Crippen LogP contribution in [-0.4, -0.2) is 67.5 Å². The molecule has 3 rings (SSSR count). The number of ether oxygens (including phenoxy) is 1. The van der Waals surface area contributed by atoms with Crippen LogP contribution in [0.5, 0.6) is 5.75 Å². The molecule has 0 aromatic heterocycles. The summed E-state index contributed by atoms with van der Waals surface area (Å²) in [5, 5.41) is 9.80. The molecule has 35 heavy (non-hydrogen) atoms. The number of sulfonamides is 1. The second-order valence-electron chi connectivity index (χ2n) is 10.4. The van der Waals surface area contributed by atoms with Gasteiger partial charge >= 0.3 is 0 Å². The van der Waals surface area contributed by atoms with E-state index in [0.29, 0.717) is 12.1 Å². The van der Waals surface area contributed by atoms with Crippen molar-refractivity contribution in [3.05, 3.63) is 23.8 Å². The lowest BCUT2D eigenvalue weighted by molar-refractivity contribution is -0.136. The Balaban J connectivity index is 1.97. The van der Waals surface area contributed by atoms with Crippen LogP contribution in [0.15, 0.2) is 23.1 Å². The molecule has 1 N–H and O–H groups in total. The van der Waals surface area contributed by atoms with Gasteiger partial charge in [-0.1, -0.05) is 51.9 Å². The van der Waals surface area contributed by atoms with Gasteiger partial charge < -0.3 is 14.7 Å². The lowest BCUT2D eigenvalue weighted by atomic mass is 9.88. The number of aliphatic hydroxyl groups is 1. The number of fused-ring (bicyclic) bond motifs is 1. The minimum Gasteiger partial charge on any atom is -0.487 e. The maximum atomic E-state index is 13.6. The number of aliphatic hydroxyl groups excluding tert-OH is 1. The molecule has 0 bridgehead atoms. The highest BCUT2D eigenvalue weighted by atomic mass is 32.2. The van der Waals surface area contributed by atoms with Crippen LogP contribution < -0.4 is 4.74 Å². The number of likely N-dealkylation sites (N-methyl/N-ethyl adjacent to an activating group) is 1. The summed E-state index contributed by atoms with van der Waals surface area (Å²) in [7, 11) is -2.09. The van der Waals surface area contributed by atoms with Crippen LogP contribution >= 0.6 is 0 Å². The van der Waals surface area contributed by atoms with Crippen LogP contribution in [0.3, 0.4) is 0 Å². The smallest absolute Gasteiger partial charge is 0.247 e. The zero-order valence-corrected chi connectivity index (χ0v) is 22.5. The fraction of sp³-hybridized carbons (Fsp3) is 0.667. The number of hydrogen-bond donors (Lipinski definition) is 1. The van der Waals surface area contributed by atoms with Crippen LogP contribution in [0.4, 0.5) is 0 Å². The number of benzene rings is 1. The number of rotatable bonds is 5. The van der Waals surface area contributed by atoms with Gasteiger partial charge in [-0.2, -0.15) is 4.31 Å². The second-order valence-corrected chi connectivity index (χ2v) is 12.2. The molecule has 1 aromatic carbocycles. The maximum absolute atomic E-state index is 13.6. The molecule has 1 aliphatic heterocycles. The zero-order chi connectivity index (χ0) is 25.8. The van der Waals surface area contributed by atoms with Crippen molar-refractivity contribution in [1.82, 2.24) is 9.21 Å². The molecule has 0 saturated heterocycles. The van der Waals surface area contributed by atoms with Gasteiger partial charge in [0.05, 0.1) is 13.2 Å². The summed E-state index contributed by atoms with van der Waals surface area (Å²) in [6, 6.07) is 4.32. The molecule has 194 valence electrons. The molecule has 8 heteroatoms. The summed E-state index contributed by atoms with van der Waals surface area (Å²) >= 11 is 0. The Labute approximate surface area is 210 Å². The Morgan fingerprint density at radius 1 is 1.23 bits per heavy atom. The van der Waals surface area contributed by atoms with Crippen LogP contribution in [0.2, 0.25) is 0 Å². The first-order chi connectivity index (χ1) is 16.5. The van der Waals surface area contributed by atoms with Crippen LogP contribution in [0.1, 0.15) is 65.4 Å². The third-order valence-electron chi connectivity index (χ3n) is 6.96. The van der Waals surface area contributed by atoms with Gasteiger partial charge in [0.1, 0.15) is 16.7 Å². The average Bonchev–Trinajstić information content (AvgIpc) is 2.84. The Morgan fingerprint density at radius 3 is 2.54 bits per heavy atom. The monoisotopic (exact) mass is 504 g/mol. The topological polar surface area (TPSA) is 87.2 Å². The van der Waals surface area contributed by atoms with E-state index in [-0.39, 0.29) is 47.5 Å². The Bertz CT molecular complexity index is 1050. The molecule has 1 aliphatic carbocycles. The first-order valence-electron chi connectivity index (χ1n) is 12.7. The number of carbonyl (C=O) groups excluding carboxylic acids is 1. The van der Waals surface area contributed by atoms with E-state index in [9.17, 15) is 18.3 Å². The van der Waals surface area contributed by atoms with E-state index < -0.39 is 22.2 Å². The van der Waals surface area contributed by atoms with E-state index >= 15 is 0 Å². The normalized spacial score (nSPS) is 23.7. The van der Waals surface area contributed by atoms with Crippen molar-refractivity contribution in [2.75, 3.05) is 26.7 Å². The number of carbonyl (C=O) groups is 1.